The fourth-order valence-electron chi connectivity index (χ4n) is 1.67. The van der Waals surface area contributed by atoms with Crippen LogP contribution in [0.1, 0.15) is 6.92 Å². The van der Waals surface area contributed by atoms with Gasteiger partial charge in [-0.1, -0.05) is 29.8 Å². The van der Waals surface area contributed by atoms with Gasteiger partial charge in [0.2, 0.25) is 0 Å². The molecule has 0 unspecified atom stereocenters. The van der Waals surface area contributed by atoms with Crippen LogP contribution in [0.25, 0.3) is 0 Å². The maximum Gasteiger partial charge on any atom is 0.279 e. The Morgan fingerprint density at radius 1 is 1.09 bits per heavy atom. The van der Waals surface area contributed by atoms with Gasteiger partial charge in [0.1, 0.15) is 5.75 Å². The van der Waals surface area contributed by atoms with E-state index in [0.29, 0.717) is 10.8 Å². The fourth-order valence-corrected chi connectivity index (χ4v) is 1.97. The Kier molecular flexibility index (Phi) is 6.19. The molecular weight excluding hydrogens is 334 g/mol. The summed E-state index contributed by atoms with van der Waals surface area (Å²) >= 11 is 10.9. The molecule has 2 aromatic carbocycles. The molecule has 5 nitrogen and oxygen atoms in total. The number of rotatable bonds is 4. The number of para-hydroxylation sites is 1. The molecule has 23 heavy (non-hydrogen) atoms. The van der Waals surface area contributed by atoms with Crippen molar-refractivity contribution in [3.05, 3.63) is 59.6 Å². The van der Waals surface area contributed by atoms with Crippen molar-refractivity contribution in [3.8, 4) is 5.75 Å². The minimum atomic E-state index is -0.691. The number of halogens is 1. The Morgan fingerprint density at radius 2 is 1.74 bits per heavy atom. The second-order valence-corrected chi connectivity index (χ2v) is 5.49. The summed E-state index contributed by atoms with van der Waals surface area (Å²) < 4.78 is 5.51. The van der Waals surface area contributed by atoms with Gasteiger partial charge < -0.3 is 10.1 Å². The molecule has 1 amide bonds. The van der Waals surface area contributed by atoms with E-state index in [1.165, 1.54) is 0 Å². The normalized spacial score (nSPS) is 11.2. The Bertz CT molecular complexity index is 665. The molecule has 0 radical (unpaired) electrons. The molecule has 3 N–H and O–H groups in total. The maximum absolute atomic E-state index is 12.0. The van der Waals surface area contributed by atoms with Crippen LogP contribution in [0, 0.1) is 0 Å². The number of amides is 1. The topological polar surface area (TPSA) is 62.4 Å². The van der Waals surface area contributed by atoms with E-state index in [1.807, 2.05) is 30.3 Å². The van der Waals surface area contributed by atoms with E-state index in [4.69, 9.17) is 28.6 Å². The number of thiocarbonyl (C=S) groups is 1. The number of hydrogen-bond donors (Lipinski definition) is 3. The number of ether oxygens (including phenoxy) is 1. The molecule has 0 aromatic heterocycles. The van der Waals surface area contributed by atoms with E-state index >= 15 is 0 Å². The Morgan fingerprint density at radius 3 is 2.39 bits per heavy atom. The SMILES string of the molecule is C[C@H](Oc1ccc(Cl)cc1)C(=O)NNC(=S)Nc1ccccc1. The number of nitrogens with one attached hydrogen (secondary N) is 3. The fraction of sp³-hybridized carbons (Fsp3) is 0.125. The van der Waals surface area contributed by atoms with Crippen molar-refractivity contribution < 1.29 is 9.53 Å². The molecular formula is C16H16ClN3O2S. The lowest BCUT2D eigenvalue weighted by Gasteiger charge is -2.16. The van der Waals surface area contributed by atoms with Crippen molar-refractivity contribution in [3.63, 3.8) is 0 Å². The monoisotopic (exact) mass is 349 g/mol. The molecule has 2 rings (SSSR count). The number of benzene rings is 2. The largest absolute Gasteiger partial charge is 0.481 e. The van der Waals surface area contributed by atoms with Gasteiger partial charge in [-0.15, -0.1) is 0 Å². The first kappa shape index (κ1) is 17.1. The van der Waals surface area contributed by atoms with Crippen LogP contribution in [-0.4, -0.2) is 17.1 Å². The van der Waals surface area contributed by atoms with E-state index in [-0.39, 0.29) is 11.0 Å². The first-order valence-electron chi connectivity index (χ1n) is 6.89. The molecule has 0 aliphatic heterocycles. The highest BCUT2D eigenvalue weighted by Crippen LogP contribution is 2.16. The zero-order valence-electron chi connectivity index (χ0n) is 12.4. The number of hydrazine groups is 1. The molecule has 0 spiro atoms. The van der Waals surface area contributed by atoms with Crippen LogP contribution in [0.15, 0.2) is 54.6 Å². The molecule has 1 atom stereocenters. The summed E-state index contributed by atoms with van der Waals surface area (Å²) in [5, 5.41) is 3.83. The number of anilines is 1. The van der Waals surface area contributed by atoms with Gasteiger partial charge in [0, 0.05) is 10.7 Å². The van der Waals surface area contributed by atoms with E-state index in [2.05, 4.69) is 16.2 Å². The van der Waals surface area contributed by atoms with Gasteiger partial charge in [-0.05, 0) is 55.5 Å². The third-order valence-corrected chi connectivity index (χ3v) is 3.28. The van der Waals surface area contributed by atoms with Gasteiger partial charge in [0.15, 0.2) is 11.2 Å². The Hall–Kier alpha value is -2.31. The number of hydrogen-bond acceptors (Lipinski definition) is 3. The predicted molar refractivity (Wildman–Crippen MR) is 95.5 cm³/mol. The van der Waals surface area contributed by atoms with Crippen molar-refractivity contribution in [2.24, 2.45) is 0 Å². The number of carbonyl (C=O) groups is 1. The lowest BCUT2D eigenvalue weighted by atomic mass is 10.3. The van der Waals surface area contributed by atoms with Gasteiger partial charge >= 0.3 is 0 Å². The van der Waals surface area contributed by atoms with Crippen molar-refractivity contribution in [2.75, 3.05) is 5.32 Å². The third-order valence-electron chi connectivity index (χ3n) is 2.83. The first-order valence-corrected chi connectivity index (χ1v) is 7.67. The van der Waals surface area contributed by atoms with Crippen LogP contribution in [-0.2, 0) is 4.79 Å². The second kappa shape index (κ2) is 8.36. The van der Waals surface area contributed by atoms with Crippen molar-refractivity contribution in [1.82, 2.24) is 10.9 Å². The van der Waals surface area contributed by atoms with Crippen LogP contribution in [0.5, 0.6) is 5.75 Å². The van der Waals surface area contributed by atoms with Crippen molar-refractivity contribution in [1.29, 1.82) is 0 Å². The minimum Gasteiger partial charge on any atom is -0.481 e. The van der Waals surface area contributed by atoms with Crippen molar-refractivity contribution >= 4 is 40.5 Å². The third kappa shape index (κ3) is 5.77. The van der Waals surface area contributed by atoms with Crippen LogP contribution < -0.4 is 20.9 Å². The lowest BCUT2D eigenvalue weighted by molar-refractivity contribution is -0.127. The summed E-state index contributed by atoms with van der Waals surface area (Å²) in [6.07, 6.45) is -0.691. The van der Waals surface area contributed by atoms with E-state index in [0.717, 1.165) is 5.69 Å². The van der Waals surface area contributed by atoms with Gasteiger partial charge in [-0.25, -0.2) is 0 Å². The summed E-state index contributed by atoms with van der Waals surface area (Å²) in [5.74, 6) is 0.208. The molecule has 2 aromatic rings. The van der Waals surface area contributed by atoms with Crippen molar-refractivity contribution in [2.45, 2.75) is 13.0 Å². The average molecular weight is 350 g/mol. The quantitative estimate of drug-likeness (QED) is 0.584. The van der Waals surface area contributed by atoms with Gasteiger partial charge in [0.05, 0.1) is 0 Å². The Labute approximate surface area is 145 Å². The smallest absolute Gasteiger partial charge is 0.279 e. The van der Waals surface area contributed by atoms with Gasteiger partial charge in [0.25, 0.3) is 5.91 Å². The predicted octanol–water partition coefficient (Wildman–Crippen LogP) is 3.13. The molecule has 0 saturated heterocycles. The number of carbonyl (C=O) groups excluding carboxylic acids is 1. The highest BCUT2D eigenvalue weighted by atomic mass is 35.5. The summed E-state index contributed by atoms with van der Waals surface area (Å²) in [7, 11) is 0. The summed E-state index contributed by atoms with van der Waals surface area (Å²) in [5.41, 5.74) is 5.94. The van der Waals surface area contributed by atoms with E-state index in [9.17, 15) is 4.79 Å². The molecule has 0 aliphatic carbocycles. The molecule has 0 saturated carbocycles. The van der Waals surface area contributed by atoms with Gasteiger partial charge in [-0.2, -0.15) is 0 Å². The average Bonchev–Trinajstić information content (AvgIpc) is 2.55. The Balaban J connectivity index is 1.77. The standard InChI is InChI=1S/C16H16ClN3O2S/c1-11(22-14-9-7-12(17)8-10-14)15(21)19-20-16(23)18-13-5-3-2-4-6-13/h2-11H,1H3,(H,19,21)(H2,18,20,23)/t11-/m0/s1. The maximum atomic E-state index is 12.0. The van der Waals surface area contributed by atoms with Gasteiger partial charge in [-0.3, -0.25) is 15.6 Å². The van der Waals surface area contributed by atoms with Crippen LogP contribution in [0.4, 0.5) is 5.69 Å². The molecule has 0 fully saturated rings. The second-order valence-electron chi connectivity index (χ2n) is 4.65. The first-order chi connectivity index (χ1) is 11.0. The summed E-state index contributed by atoms with van der Waals surface area (Å²) in [4.78, 5) is 12.0. The molecule has 0 heterocycles. The van der Waals surface area contributed by atoms with Crippen LogP contribution in [0.3, 0.4) is 0 Å². The summed E-state index contributed by atoms with van der Waals surface area (Å²) in [6, 6.07) is 16.2. The highest BCUT2D eigenvalue weighted by Gasteiger charge is 2.14. The molecule has 7 heteroatoms. The zero-order valence-corrected chi connectivity index (χ0v) is 13.9. The lowest BCUT2D eigenvalue weighted by Crippen LogP contribution is -2.48. The molecule has 0 bridgehead atoms. The van der Waals surface area contributed by atoms with Crippen LogP contribution in [0.2, 0.25) is 5.02 Å². The minimum absolute atomic E-state index is 0.281. The molecule has 120 valence electrons. The summed E-state index contributed by atoms with van der Waals surface area (Å²) in [6.45, 7) is 1.64. The van der Waals surface area contributed by atoms with E-state index < -0.39 is 6.10 Å². The van der Waals surface area contributed by atoms with Crippen LogP contribution >= 0.6 is 23.8 Å². The molecule has 0 aliphatic rings. The highest BCUT2D eigenvalue weighted by molar-refractivity contribution is 7.80. The zero-order chi connectivity index (χ0) is 16.7. The van der Waals surface area contributed by atoms with E-state index in [1.54, 1.807) is 31.2 Å².